The smallest absolute Gasteiger partial charge is 0.193 e. The van der Waals surface area contributed by atoms with Crippen molar-refractivity contribution in [3.05, 3.63) is 45.4 Å². The zero-order chi connectivity index (χ0) is 15.2. The zero-order valence-corrected chi connectivity index (χ0v) is 13.6. The standard InChI is InChI=1S/C16H22N4S/c1-4-12-7-6-8-13(5-2)15(12)20-16(17)19-10-14-9-18-11(3)21-14/h6-9H,4-5,10H2,1-3H3,(H3,17,19,20). The lowest BCUT2D eigenvalue weighted by atomic mass is 10.0. The first-order valence-corrected chi connectivity index (χ1v) is 8.04. The van der Waals surface area contributed by atoms with Gasteiger partial charge in [0.1, 0.15) is 0 Å². The number of aliphatic imine (C=N–C) groups is 1. The molecule has 4 nitrogen and oxygen atoms in total. The third-order valence-electron chi connectivity index (χ3n) is 3.33. The quantitative estimate of drug-likeness (QED) is 0.656. The minimum absolute atomic E-state index is 0.455. The Kier molecular flexibility index (Phi) is 5.33. The number of nitrogens with zero attached hydrogens (tertiary/aromatic N) is 2. The fourth-order valence-corrected chi connectivity index (χ4v) is 2.93. The predicted molar refractivity (Wildman–Crippen MR) is 91.0 cm³/mol. The van der Waals surface area contributed by atoms with Gasteiger partial charge in [0.25, 0.3) is 0 Å². The average Bonchev–Trinajstić information content (AvgIpc) is 2.91. The van der Waals surface area contributed by atoms with Crippen LogP contribution in [0.5, 0.6) is 0 Å². The van der Waals surface area contributed by atoms with E-state index in [-0.39, 0.29) is 0 Å². The molecule has 0 fully saturated rings. The number of aromatic nitrogens is 1. The van der Waals surface area contributed by atoms with E-state index in [1.807, 2.05) is 13.1 Å². The van der Waals surface area contributed by atoms with Crippen LogP contribution < -0.4 is 11.1 Å². The van der Waals surface area contributed by atoms with Gasteiger partial charge in [0.2, 0.25) is 0 Å². The highest BCUT2D eigenvalue weighted by atomic mass is 32.1. The number of thiazole rings is 1. The van der Waals surface area contributed by atoms with Gasteiger partial charge in [0, 0.05) is 16.8 Å². The van der Waals surface area contributed by atoms with Crippen molar-refractivity contribution < 1.29 is 0 Å². The number of benzene rings is 1. The molecule has 21 heavy (non-hydrogen) atoms. The van der Waals surface area contributed by atoms with Crippen LogP contribution >= 0.6 is 11.3 Å². The maximum Gasteiger partial charge on any atom is 0.193 e. The van der Waals surface area contributed by atoms with Gasteiger partial charge in [-0.2, -0.15) is 0 Å². The minimum atomic E-state index is 0.455. The molecule has 2 rings (SSSR count). The number of nitrogens with two attached hydrogens (primary N) is 1. The summed E-state index contributed by atoms with van der Waals surface area (Å²) < 4.78 is 0. The molecule has 0 atom stereocenters. The molecule has 112 valence electrons. The minimum Gasteiger partial charge on any atom is -0.370 e. The van der Waals surface area contributed by atoms with Gasteiger partial charge in [-0.3, -0.25) is 0 Å². The maximum absolute atomic E-state index is 6.03. The maximum atomic E-state index is 6.03. The SMILES string of the molecule is CCc1cccc(CC)c1NC(N)=NCc1cnc(C)s1. The molecule has 1 aromatic heterocycles. The van der Waals surface area contributed by atoms with Gasteiger partial charge in [-0.05, 0) is 30.9 Å². The zero-order valence-electron chi connectivity index (χ0n) is 12.8. The molecule has 1 aromatic carbocycles. The Hall–Kier alpha value is -1.88. The molecular weight excluding hydrogens is 280 g/mol. The lowest BCUT2D eigenvalue weighted by molar-refractivity contribution is 1.07. The molecule has 0 saturated heterocycles. The van der Waals surface area contributed by atoms with Crippen molar-refractivity contribution in [3.8, 4) is 0 Å². The first kappa shape index (κ1) is 15.5. The van der Waals surface area contributed by atoms with Gasteiger partial charge in [-0.15, -0.1) is 11.3 Å². The second-order valence-corrected chi connectivity index (χ2v) is 6.15. The van der Waals surface area contributed by atoms with Crippen LogP contribution in [-0.4, -0.2) is 10.9 Å². The molecule has 5 heteroatoms. The Morgan fingerprint density at radius 1 is 1.29 bits per heavy atom. The molecule has 2 aromatic rings. The fraction of sp³-hybridized carbons (Fsp3) is 0.375. The molecular formula is C16H22N4S. The monoisotopic (exact) mass is 302 g/mol. The molecule has 0 radical (unpaired) electrons. The van der Waals surface area contributed by atoms with Crippen LogP contribution in [0.3, 0.4) is 0 Å². The molecule has 0 spiro atoms. The third-order valence-corrected chi connectivity index (χ3v) is 4.22. The summed E-state index contributed by atoms with van der Waals surface area (Å²) in [6.45, 7) is 6.85. The van der Waals surface area contributed by atoms with Gasteiger partial charge in [0.05, 0.1) is 11.6 Å². The Morgan fingerprint density at radius 3 is 2.48 bits per heavy atom. The summed E-state index contributed by atoms with van der Waals surface area (Å²) in [6, 6.07) is 6.35. The predicted octanol–water partition coefficient (Wildman–Crippen LogP) is 3.50. The van der Waals surface area contributed by atoms with E-state index in [1.165, 1.54) is 11.1 Å². The van der Waals surface area contributed by atoms with Crippen LogP contribution in [0.15, 0.2) is 29.4 Å². The van der Waals surface area contributed by atoms with Crippen molar-refractivity contribution in [2.24, 2.45) is 10.7 Å². The second kappa shape index (κ2) is 7.22. The van der Waals surface area contributed by atoms with Gasteiger partial charge < -0.3 is 11.1 Å². The third kappa shape index (κ3) is 4.04. The highest BCUT2D eigenvalue weighted by molar-refractivity contribution is 7.11. The van der Waals surface area contributed by atoms with Gasteiger partial charge in [0.15, 0.2) is 5.96 Å². The Morgan fingerprint density at radius 2 is 1.95 bits per heavy atom. The molecule has 0 aliphatic carbocycles. The summed E-state index contributed by atoms with van der Waals surface area (Å²) in [5.74, 6) is 0.455. The van der Waals surface area contributed by atoms with Gasteiger partial charge in [-0.1, -0.05) is 32.0 Å². The molecule has 0 aliphatic rings. The van der Waals surface area contributed by atoms with Crippen molar-refractivity contribution in [1.82, 2.24) is 4.98 Å². The van der Waals surface area contributed by atoms with E-state index in [2.05, 4.69) is 47.3 Å². The summed E-state index contributed by atoms with van der Waals surface area (Å²) in [7, 11) is 0. The largest absolute Gasteiger partial charge is 0.370 e. The van der Waals surface area contributed by atoms with Crippen LogP contribution in [-0.2, 0) is 19.4 Å². The van der Waals surface area contributed by atoms with E-state index in [1.54, 1.807) is 11.3 Å². The number of anilines is 1. The average molecular weight is 302 g/mol. The number of rotatable bonds is 5. The van der Waals surface area contributed by atoms with E-state index in [0.717, 1.165) is 28.4 Å². The Bertz CT molecular complexity index is 609. The van der Waals surface area contributed by atoms with E-state index >= 15 is 0 Å². The second-order valence-electron chi connectivity index (χ2n) is 4.83. The van der Waals surface area contributed by atoms with Crippen molar-refractivity contribution in [2.45, 2.75) is 40.2 Å². The summed E-state index contributed by atoms with van der Waals surface area (Å²) >= 11 is 1.65. The van der Waals surface area contributed by atoms with E-state index in [9.17, 15) is 0 Å². The summed E-state index contributed by atoms with van der Waals surface area (Å²) in [4.78, 5) is 9.75. The Balaban J connectivity index is 2.13. The highest BCUT2D eigenvalue weighted by Gasteiger charge is 2.07. The topological polar surface area (TPSA) is 63.3 Å². The highest BCUT2D eigenvalue weighted by Crippen LogP contribution is 2.22. The van der Waals surface area contributed by atoms with Gasteiger partial charge >= 0.3 is 0 Å². The summed E-state index contributed by atoms with van der Waals surface area (Å²) in [6.07, 6.45) is 3.79. The number of hydrogen-bond donors (Lipinski definition) is 2. The molecule has 1 heterocycles. The molecule has 0 unspecified atom stereocenters. The van der Waals surface area contributed by atoms with E-state index in [4.69, 9.17) is 5.73 Å². The van der Waals surface area contributed by atoms with Crippen LogP contribution in [0, 0.1) is 6.92 Å². The molecule has 0 bridgehead atoms. The summed E-state index contributed by atoms with van der Waals surface area (Å²) in [5, 5.41) is 4.32. The molecule has 3 N–H and O–H groups in total. The first-order valence-electron chi connectivity index (χ1n) is 7.23. The normalized spacial score (nSPS) is 11.7. The van der Waals surface area contributed by atoms with E-state index < -0.39 is 0 Å². The summed E-state index contributed by atoms with van der Waals surface area (Å²) in [5.41, 5.74) is 9.66. The van der Waals surface area contributed by atoms with E-state index in [0.29, 0.717) is 12.5 Å². The Labute approximate surface area is 130 Å². The number of hydrogen-bond acceptors (Lipinski definition) is 3. The van der Waals surface area contributed by atoms with Crippen molar-refractivity contribution in [1.29, 1.82) is 0 Å². The lowest BCUT2D eigenvalue weighted by Crippen LogP contribution is -2.24. The fourth-order valence-electron chi connectivity index (χ4n) is 2.21. The number of aryl methyl sites for hydroxylation is 3. The molecule has 0 saturated carbocycles. The van der Waals surface area contributed by atoms with Crippen molar-refractivity contribution in [3.63, 3.8) is 0 Å². The number of para-hydroxylation sites is 1. The lowest BCUT2D eigenvalue weighted by Gasteiger charge is -2.14. The molecule has 0 amide bonds. The number of nitrogens with one attached hydrogen (secondary N) is 1. The van der Waals surface area contributed by atoms with Crippen LogP contribution in [0.25, 0.3) is 0 Å². The van der Waals surface area contributed by atoms with Crippen molar-refractivity contribution in [2.75, 3.05) is 5.32 Å². The first-order chi connectivity index (χ1) is 10.1. The number of guanidine groups is 1. The molecule has 0 aliphatic heterocycles. The van der Waals surface area contributed by atoms with Crippen LogP contribution in [0.1, 0.15) is 34.9 Å². The van der Waals surface area contributed by atoms with Crippen LogP contribution in [0.2, 0.25) is 0 Å². The van der Waals surface area contributed by atoms with Crippen LogP contribution in [0.4, 0.5) is 5.69 Å². The van der Waals surface area contributed by atoms with Crippen molar-refractivity contribution >= 4 is 23.0 Å². The van der Waals surface area contributed by atoms with Gasteiger partial charge in [-0.25, -0.2) is 9.98 Å².